The normalized spacial score (nSPS) is 20.2. The van der Waals surface area contributed by atoms with Crippen molar-refractivity contribution in [3.63, 3.8) is 0 Å². The molecule has 0 radical (unpaired) electrons. The van der Waals surface area contributed by atoms with Gasteiger partial charge in [-0.05, 0) is 43.4 Å². The Bertz CT molecular complexity index is 528. The van der Waals surface area contributed by atoms with Crippen LogP contribution in [0.2, 0.25) is 0 Å². The SMILES string of the molecule is CC1CCCN(c2ccc(C(F)(F)F)cc2C(N)=S)CC1. The maximum absolute atomic E-state index is 12.8. The Morgan fingerprint density at radius 2 is 2.00 bits per heavy atom. The molecule has 0 spiro atoms. The van der Waals surface area contributed by atoms with Crippen molar-refractivity contribution in [3.05, 3.63) is 29.3 Å². The van der Waals surface area contributed by atoms with Crippen LogP contribution >= 0.6 is 12.2 Å². The van der Waals surface area contributed by atoms with Crippen molar-refractivity contribution in [2.45, 2.75) is 32.4 Å². The van der Waals surface area contributed by atoms with E-state index in [1.807, 2.05) is 0 Å². The van der Waals surface area contributed by atoms with Crippen LogP contribution in [0.15, 0.2) is 18.2 Å². The summed E-state index contributed by atoms with van der Waals surface area (Å²) in [5.74, 6) is 0.637. The molecule has 1 atom stereocenters. The highest BCUT2D eigenvalue weighted by molar-refractivity contribution is 7.80. The number of alkyl halides is 3. The van der Waals surface area contributed by atoms with E-state index >= 15 is 0 Å². The maximum Gasteiger partial charge on any atom is 0.416 e. The molecule has 1 aliphatic heterocycles. The predicted molar refractivity (Wildman–Crippen MR) is 82.6 cm³/mol. The van der Waals surface area contributed by atoms with Gasteiger partial charge in [0.1, 0.15) is 4.99 Å². The third kappa shape index (κ3) is 3.87. The molecule has 0 saturated carbocycles. The Morgan fingerprint density at radius 3 is 2.62 bits per heavy atom. The fourth-order valence-corrected chi connectivity index (χ4v) is 2.85. The first-order chi connectivity index (χ1) is 9.79. The molecule has 1 saturated heterocycles. The van der Waals surface area contributed by atoms with Crippen LogP contribution < -0.4 is 10.6 Å². The van der Waals surface area contributed by atoms with Gasteiger partial charge in [0.15, 0.2) is 0 Å². The number of rotatable bonds is 2. The first-order valence-electron chi connectivity index (χ1n) is 7.05. The molecule has 1 heterocycles. The molecule has 1 aromatic rings. The molecule has 2 N–H and O–H groups in total. The van der Waals surface area contributed by atoms with Gasteiger partial charge in [-0.2, -0.15) is 13.2 Å². The van der Waals surface area contributed by atoms with Gasteiger partial charge in [-0.1, -0.05) is 19.1 Å². The Kier molecular flexibility index (Phi) is 4.76. The standard InChI is InChI=1S/C15H19F3N2S/c1-10-3-2-7-20(8-6-10)13-5-4-11(15(16,17)18)9-12(13)14(19)21/h4-5,9-10H,2-3,6-8H2,1H3,(H2,19,21). The maximum atomic E-state index is 12.8. The number of halogens is 3. The highest BCUT2D eigenvalue weighted by Gasteiger charge is 2.31. The highest BCUT2D eigenvalue weighted by atomic mass is 32.1. The molecule has 0 aromatic heterocycles. The zero-order valence-electron chi connectivity index (χ0n) is 11.9. The molecular formula is C15H19F3N2S. The van der Waals surface area contributed by atoms with Crippen molar-refractivity contribution in [2.24, 2.45) is 11.7 Å². The van der Waals surface area contributed by atoms with Crippen LogP contribution in [-0.4, -0.2) is 18.1 Å². The average molecular weight is 316 g/mol. The molecular weight excluding hydrogens is 297 g/mol. The fourth-order valence-electron chi connectivity index (χ4n) is 2.69. The molecule has 1 unspecified atom stereocenters. The van der Waals surface area contributed by atoms with Crippen molar-refractivity contribution in [1.82, 2.24) is 0 Å². The van der Waals surface area contributed by atoms with Crippen molar-refractivity contribution < 1.29 is 13.2 Å². The topological polar surface area (TPSA) is 29.3 Å². The minimum absolute atomic E-state index is 0.00777. The smallest absolute Gasteiger partial charge is 0.389 e. The molecule has 1 aliphatic rings. The highest BCUT2D eigenvalue weighted by Crippen LogP contribution is 2.33. The minimum atomic E-state index is -4.38. The Hall–Kier alpha value is -1.30. The zero-order chi connectivity index (χ0) is 15.6. The second kappa shape index (κ2) is 6.22. The summed E-state index contributed by atoms with van der Waals surface area (Å²) in [6.45, 7) is 3.85. The van der Waals surface area contributed by atoms with E-state index in [1.165, 1.54) is 6.07 Å². The van der Waals surface area contributed by atoms with E-state index in [2.05, 4.69) is 11.8 Å². The number of nitrogens with two attached hydrogens (primary N) is 1. The van der Waals surface area contributed by atoms with Gasteiger partial charge in [0, 0.05) is 24.3 Å². The van der Waals surface area contributed by atoms with Gasteiger partial charge in [0.25, 0.3) is 0 Å². The van der Waals surface area contributed by atoms with Gasteiger partial charge >= 0.3 is 6.18 Å². The molecule has 0 aliphatic carbocycles. The summed E-state index contributed by atoms with van der Waals surface area (Å²) in [5, 5.41) is 0. The third-order valence-electron chi connectivity index (χ3n) is 3.95. The molecule has 6 heteroatoms. The van der Waals surface area contributed by atoms with Gasteiger partial charge in [-0.15, -0.1) is 0 Å². The summed E-state index contributed by atoms with van der Waals surface area (Å²) in [6, 6.07) is 3.66. The van der Waals surface area contributed by atoms with Crippen LogP contribution in [0.5, 0.6) is 0 Å². The van der Waals surface area contributed by atoms with Crippen LogP contribution in [0, 0.1) is 5.92 Å². The molecule has 116 valence electrons. The van der Waals surface area contributed by atoms with E-state index in [4.69, 9.17) is 18.0 Å². The van der Waals surface area contributed by atoms with E-state index in [0.717, 1.165) is 44.5 Å². The number of hydrogen-bond acceptors (Lipinski definition) is 2. The summed E-state index contributed by atoms with van der Waals surface area (Å²) in [5.41, 5.74) is 5.95. The molecule has 0 bridgehead atoms. The average Bonchev–Trinajstić information content (AvgIpc) is 2.61. The van der Waals surface area contributed by atoms with E-state index in [9.17, 15) is 13.2 Å². The summed E-state index contributed by atoms with van der Waals surface area (Å²) in [4.78, 5) is 2.10. The summed E-state index contributed by atoms with van der Waals surface area (Å²) in [6.07, 6.45) is -1.19. The van der Waals surface area contributed by atoms with Crippen molar-refractivity contribution in [2.75, 3.05) is 18.0 Å². The van der Waals surface area contributed by atoms with E-state index in [-0.39, 0.29) is 4.99 Å². The van der Waals surface area contributed by atoms with Crippen molar-refractivity contribution in [1.29, 1.82) is 0 Å². The fraction of sp³-hybridized carbons (Fsp3) is 0.533. The van der Waals surface area contributed by atoms with Crippen LogP contribution in [-0.2, 0) is 6.18 Å². The minimum Gasteiger partial charge on any atom is -0.389 e. The molecule has 21 heavy (non-hydrogen) atoms. The second-order valence-electron chi connectivity index (χ2n) is 5.62. The van der Waals surface area contributed by atoms with E-state index < -0.39 is 11.7 Å². The van der Waals surface area contributed by atoms with E-state index in [0.29, 0.717) is 17.2 Å². The molecule has 2 rings (SSSR count). The molecule has 1 fully saturated rings. The Balaban J connectivity index is 2.36. The Morgan fingerprint density at radius 1 is 1.29 bits per heavy atom. The van der Waals surface area contributed by atoms with Crippen molar-refractivity contribution >= 4 is 22.9 Å². The second-order valence-corrected chi connectivity index (χ2v) is 6.06. The monoisotopic (exact) mass is 316 g/mol. The first-order valence-corrected chi connectivity index (χ1v) is 7.46. The summed E-state index contributed by atoms with van der Waals surface area (Å²) < 4.78 is 38.5. The van der Waals surface area contributed by atoms with Gasteiger partial charge < -0.3 is 10.6 Å². The number of thiocarbonyl (C=S) groups is 1. The van der Waals surface area contributed by atoms with Gasteiger partial charge in [0.05, 0.1) is 5.56 Å². The lowest BCUT2D eigenvalue weighted by Gasteiger charge is -2.26. The van der Waals surface area contributed by atoms with E-state index in [1.54, 1.807) is 0 Å². The van der Waals surface area contributed by atoms with Gasteiger partial charge in [-0.3, -0.25) is 0 Å². The van der Waals surface area contributed by atoms with Crippen LogP contribution in [0.3, 0.4) is 0 Å². The lowest BCUT2D eigenvalue weighted by molar-refractivity contribution is -0.137. The summed E-state index contributed by atoms with van der Waals surface area (Å²) >= 11 is 4.94. The Labute approximate surface area is 128 Å². The number of anilines is 1. The third-order valence-corrected chi connectivity index (χ3v) is 4.17. The number of hydrogen-bond donors (Lipinski definition) is 1. The quantitative estimate of drug-likeness (QED) is 0.837. The van der Waals surface area contributed by atoms with Gasteiger partial charge in [-0.25, -0.2) is 0 Å². The lowest BCUT2D eigenvalue weighted by atomic mass is 10.0. The predicted octanol–water partition coefficient (Wildman–Crippen LogP) is 3.97. The van der Waals surface area contributed by atoms with Crippen LogP contribution in [0.25, 0.3) is 0 Å². The van der Waals surface area contributed by atoms with Crippen LogP contribution in [0.4, 0.5) is 18.9 Å². The largest absolute Gasteiger partial charge is 0.416 e. The summed E-state index contributed by atoms with van der Waals surface area (Å²) in [7, 11) is 0. The zero-order valence-corrected chi connectivity index (χ0v) is 12.7. The lowest BCUT2D eigenvalue weighted by Crippen LogP contribution is -2.27. The van der Waals surface area contributed by atoms with Crippen LogP contribution in [0.1, 0.15) is 37.3 Å². The molecule has 1 aromatic carbocycles. The van der Waals surface area contributed by atoms with Crippen molar-refractivity contribution in [3.8, 4) is 0 Å². The molecule has 2 nitrogen and oxygen atoms in total. The number of nitrogens with zero attached hydrogens (tertiary/aromatic N) is 1. The van der Waals surface area contributed by atoms with Gasteiger partial charge in [0.2, 0.25) is 0 Å². The molecule has 0 amide bonds. The first kappa shape index (κ1) is 16.1. The number of benzene rings is 1.